The van der Waals surface area contributed by atoms with Crippen molar-refractivity contribution >= 4 is 17.4 Å². The minimum atomic E-state index is -0.204. The monoisotopic (exact) mass is 341 g/mol. The van der Waals surface area contributed by atoms with E-state index in [1.807, 2.05) is 75.3 Å². The molecule has 2 N–H and O–H groups in total. The highest BCUT2D eigenvalue weighted by molar-refractivity contribution is 5.89. The van der Waals surface area contributed by atoms with E-state index >= 15 is 0 Å². The molecular formula is C20H27N3O2. The molecule has 5 heteroatoms. The third-order valence-electron chi connectivity index (χ3n) is 3.90. The average Bonchev–Trinajstić information content (AvgIpc) is 2.57. The predicted molar refractivity (Wildman–Crippen MR) is 104 cm³/mol. The maximum absolute atomic E-state index is 11.9. The van der Waals surface area contributed by atoms with Crippen LogP contribution in [0.5, 0.6) is 5.75 Å². The lowest BCUT2D eigenvalue weighted by Crippen LogP contribution is -2.30. The van der Waals surface area contributed by atoms with Crippen molar-refractivity contribution in [1.82, 2.24) is 5.32 Å². The Morgan fingerprint density at radius 2 is 1.68 bits per heavy atom. The molecule has 2 rings (SSSR count). The van der Waals surface area contributed by atoms with Crippen molar-refractivity contribution in [3.05, 3.63) is 53.6 Å². The lowest BCUT2D eigenvalue weighted by atomic mass is 10.1. The number of aryl methyl sites for hydroxylation is 2. The van der Waals surface area contributed by atoms with Gasteiger partial charge in [0.25, 0.3) is 0 Å². The van der Waals surface area contributed by atoms with Crippen LogP contribution < -0.4 is 20.3 Å². The van der Waals surface area contributed by atoms with E-state index in [0.717, 1.165) is 34.7 Å². The molecule has 0 saturated heterocycles. The molecular weight excluding hydrogens is 314 g/mol. The van der Waals surface area contributed by atoms with Gasteiger partial charge in [0.05, 0.1) is 6.61 Å². The van der Waals surface area contributed by atoms with Gasteiger partial charge in [-0.1, -0.05) is 18.2 Å². The molecule has 0 fully saturated rings. The molecule has 5 nitrogen and oxygen atoms in total. The summed E-state index contributed by atoms with van der Waals surface area (Å²) in [5.74, 6) is 0.938. The summed E-state index contributed by atoms with van der Waals surface area (Å²) in [6, 6.07) is 13.6. The van der Waals surface area contributed by atoms with Gasteiger partial charge in [0.15, 0.2) is 0 Å². The minimum absolute atomic E-state index is 0.204. The molecule has 0 bridgehead atoms. The fraction of sp³-hybridized carbons (Fsp3) is 0.350. The lowest BCUT2D eigenvalue weighted by Gasteiger charge is -2.14. The fourth-order valence-electron chi connectivity index (χ4n) is 2.49. The normalized spacial score (nSPS) is 10.2. The molecule has 0 aliphatic heterocycles. The first-order valence-electron chi connectivity index (χ1n) is 8.48. The number of urea groups is 1. The number of para-hydroxylation sites is 1. The topological polar surface area (TPSA) is 53.6 Å². The summed E-state index contributed by atoms with van der Waals surface area (Å²) in [6.07, 6.45) is 0.751. The third-order valence-corrected chi connectivity index (χ3v) is 3.90. The number of hydrogen-bond acceptors (Lipinski definition) is 3. The second-order valence-electron chi connectivity index (χ2n) is 6.25. The highest BCUT2D eigenvalue weighted by atomic mass is 16.5. The van der Waals surface area contributed by atoms with Crippen molar-refractivity contribution in [2.24, 2.45) is 0 Å². The van der Waals surface area contributed by atoms with Crippen molar-refractivity contribution in [3.8, 4) is 5.75 Å². The number of amides is 2. The molecule has 0 aromatic heterocycles. The number of rotatable bonds is 7. The number of carbonyl (C=O) groups is 1. The Kier molecular flexibility index (Phi) is 6.69. The first-order chi connectivity index (χ1) is 12.0. The van der Waals surface area contributed by atoms with E-state index in [9.17, 15) is 4.79 Å². The highest BCUT2D eigenvalue weighted by Gasteiger charge is 2.04. The molecule has 2 aromatic rings. The Morgan fingerprint density at radius 3 is 2.28 bits per heavy atom. The van der Waals surface area contributed by atoms with Crippen molar-refractivity contribution in [3.63, 3.8) is 0 Å². The number of nitrogens with zero attached hydrogens (tertiary/aromatic N) is 1. The van der Waals surface area contributed by atoms with Crippen LogP contribution in [0.4, 0.5) is 16.2 Å². The zero-order valence-electron chi connectivity index (χ0n) is 15.4. The fourth-order valence-corrected chi connectivity index (χ4v) is 2.49. The summed E-state index contributed by atoms with van der Waals surface area (Å²) >= 11 is 0. The molecule has 2 aromatic carbocycles. The van der Waals surface area contributed by atoms with E-state index in [1.54, 1.807) is 0 Å². The standard InChI is InChI=1S/C20H27N3O2/c1-15-7-5-8-16(2)19(15)25-14-6-13-21-20(24)22-17-9-11-18(12-10-17)23(3)4/h5,7-12H,6,13-14H2,1-4H3,(H2,21,22,24). The Hall–Kier alpha value is -2.69. The van der Waals surface area contributed by atoms with Crippen LogP contribution in [0.25, 0.3) is 0 Å². The van der Waals surface area contributed by atoms with E-state index in [2.05, 4.69) is 10.6 Å². The van der Waals surface area contributed by atoms with Crippen molar-refractivity contribution in [1.29, 1.82) is 0 Å². The molecule has 0 atom stereocenters. The van der Waals surface area contributed by atoms with Gasteiger partial charge in [-0.05, 0) is 55.7 Å². The van der Waals surface area contributed by atoms with Gasteiger partial charge in [0.1, 0.15) is 5.75 Å². The van der Waals surface area contributed by atoms with Crippen LogP contribution >= 0.6 is 0 Å². The van der Waals surface area contributed by atoms with Crippen LogP contribution in [0.2, 0.25) is 0 Å². The number of hydrogen-bond donors (Lipinski definition) is 2. The highest BCUT2D eigenvalue weighted by Crippen LogP contribution is 2.22. The quantitative estimate of drug-likeness (QED) is 0.750. The van der Waals surface area contributed by atoms with Gasteiger partial charge in [-0.2, -0.15) is 0 Å². The van der Waals surface area contributed by atoms with Gasteiger partial charge in [-0.15, -0.1) is 0 Å². The molecule has 0 radical (unpaired) electrons. The van der Waals surface area contributed by atoms with E-state index < -0.39 is 0 Å². The Bertz CT molecular complexity index is 676. The number of ether oxygens (including phenoxy) is 1. The molecule has 0 saturated carbocycles. The zero-order chi connectivity index (χ0) is 18.2. The Labute approximate surface area is 150 Å². The van der Waals surface area contributed by atoms with E-state index in [0.29, 0.717) is 13.2 Å². The van der Waals surface area contributed by atoms with E-state index in [-0.39, 0.29) is 6.03 Å². The van der Waals surface area contributed by atoms with Gasteiger partial charge in [-0.3, -0.25) is 0 Å². The summed E-state index contributed by atoms with van der Waals surface area (Å²) in [4.78, 5) is 13.9. The maximum atomic E-state index is 11.9. The second-order valence-corrected chi connectivity index (χ2v) is 6.25. The van der Waals surface area contributed by atoms with Gasteiger partial charge in [0.2, 0.25) is 0 Å². The molecule has 25 heavy (non-hydrogen) atoms. The summed E-state index contributed by atoms with van der Waals surface area (Å²) in [5, 5.41) is 5.67. The number of anilines is 2. The maximum Gasteiger partial charge on any atom is 0.319 e. The van der Waals surface area contributed by atoms with Crippen LogP contribution in [0.1, 0.15) is 17.5 Å². The van der Waals surface area contributed by atoms with Crippen LogP contribution in [0.15, 0.2) is 42.5 Å². The first kappa shape index (κ1) is 18.6. The number of benzene rings is 2. The van der Waals surface area contributed by atoms with Crippen molar-refractivity contribution in [2.45, 2.75) is 20.3 Å². The SMILES string of the molecule is Cc1cccc(C)c1OCCCNC(=O)Nc1ccc(N(C)C)cc1. The lowest BCUT2D eigenvalue weighted by molar-refractivity contribution is 0.250. The van der Waals surface area contributed by atoms with Gasteiger partial charge >= 0.3 is 6.03 Å². The van der Waals surface area contributed by atoms with E-state index in [1.165, 1.54) is 0 Å². The number of carbonyl (C=O) groups excluding carboxylic acids is 1. The summed E-state index contributed by atoms with van der Waals surface area (Å²) in [7, 11) is 3.96. The molecule has 0 aliphatic rings. The molecule has 0 aliphatic carbocycles. The summed E-state index contributed by atoms with van der Waals surface area (Å²) < 4.78 is 5.83. The zero-order valence-corrected chi connectivity index (χ0v) is 15.4. The van der Waals surface area contributed by atoms with E-state index in [4.69, 9.17) is 4.74 Å². The third kappa shape index (κ3) is 5.71. The summed E-state index contributed by atoms with van der Waals surface area (Å²) in [6.45, 7) is 5.21. The van der Waals surface area contributed by atoms with Crippen LogP contribution in [-0.4, -0.2) is 33.3 Å². The minimum Gasteiger partial charge on any atom is -0.493 e. The predicted octanol–water partition coefficient (Wildman–Crippen LogP) is 3.96. The molecule has 0 unspecified atom stereocenters. The Morgan fingerprint density at radius 1 is 1.04 bits per heavy atom. The Balaban J connectivity index is 1.68. The number of nitrogens with one attached hydrogen (secondary N) is 2. The second kappa shape index (κ2) is 8.97. The van der Waals surface area contributed by atoms with Gasteiger partial charge in [-0.25, -0.2) is 4.79 Å². The van der Waals surface area contributed by atoms with Crippen LogP contribution in [0, 0.1) is 13.8 Å². The molecule has 2 amide bonds. The smallest absolute Gasteiger partial charge is 0.319 e. The molecule has 0 spiro atoms. The van der Waals surface area contributed by atoms with Gasteiger partial charge in [0, 0.05) is 32.0 Å². The summed E-state index contributed by atoms with van der Waals surface area (Å²) in [5.41, 5.74) is 4.13. The molecule has 0 heterocycles. The van der Waals surface area contributed by atoms with Crippen molar-refractivity contribution in [2.75, 3.05) is 37.5 Å². The van der Waals surface area contributed by atoms with Crippen LogP contribution in [-0.2, 0) is 0 Å². The first-order valence-corrected chi connectivity index (χ1v) is 8.48. The largest absolute Gasteiger partial charge is 0.493 e. The van der Waals surface area contributed by atoms with Crippen LogP contribution in [0.3, 0.4) is 0 Å². The average molecular weight is 341 g/mol. The molecule has 134 valence electrons. The van der Waals surface area contributed by atoms with Crippen molar-refractivity contribution < 1.29 is 9.53 Å². The van der Waals surface area contributed by atoms with Gasteiger partial charge < -0.3 is 20.3 Å².